The first-order valence-electron chi connectivity index (χ1n) is 13.1. The van der Waals surface area contributed by atoms with Crippen molar-refractivity contribution in [2.45, 2.75) is 39.4 Å². The predicted molar refractivity (Wildman–Crippen MR) is 150 cm³/mol. The van der Waals surface area contributed by atoms with E-state index in [1.165, 1.54) is 11.8 Å². The second-order valence-electron chi connectivity index (χ2n) is 10.1. The Bertz CT molecular complexity index is 1490. The number of rotatable bonds is 9. The average Bonchev–Trinajstić information content (AvgIpc) is 3.03. The number of para-hydroxylation sites is 1. The number of anilines is 1. The van der Waals surface area contributed by atoms with Gasteiger partial charge in [0, 0.05) is 23.1 Å². The number of fused-ring (bicyclic) bond motifs is 1. The summed E-state index contributed by atoms with van der Waals surface area (Å²) < 4.78 is 27.0. The van der Waals surface area contributed by atoms with Gasteiger partial charge in [-0.1, -0.05) is 62.4 Å². The zero-order valence-electron chi connectivity index (χ0n) is 22.9. The standard InChI is InChI=1S/C31H30F2N4O4/c1-18(2)26(38)17-37-25-12-8-7-11-24(25)28(21-9-5-4-6-10-21)35-29(31(37)41)36-30(40)19(3)34-27(39)15-20-13-22(32)16-23(33)14-20/h4-14,16,18-19,29H,15,17H2,1-3H3,(H,34,39)(H,36,40)/t19-,29?/m0/s1. The van der Waals surface area contributed by atoms with Gasteiger partial charge in [-0.15, -0.1) is 0 Å². The molecular formula is C31H30F2N4O4. The lowest BCUT2D eigenvalue weighted by atomic mass is 10.00. The van der Waals surface area contributed by atoms with Crippen molar-refractivity contribution >= 4 is 34.9 Å². The summed E-state index contributed by atoms with van der Waals surface area (Å²) in [5.74, 6) is -4.11. The molecule has 0 aliphatic carbocycles. The van der Waals surface area contributed by atoms with Gasteiger partial charge in [-0.3, -0.25) is 19.2 Å². The van der Waals surface area contributed by atoms with Gasteiger partial charge in [-0.05, 0) is 30.7 Å². The van der Waals surface area contributed by atoms with E-state index < -0.39 is 41.6 Å². The fourth-order valence-corrected chi connectivity index (χ4v) is 4.37. The molecule has 2 atom stereocenters. The summed E-state index contributed by atoms with van der Waals surface area (Å²) in [6, 6.07) is 17.8. The summed E-state index contributed by atoms with van der Waals surface area (Å²) in [5, 5.41) is 5.08. The number of benzene rings is 3. The third-order valence-corrected chi connectivity index (χ3v) is 6.55. The highest BCUT2D eigenvalue weighted by Crippen LogP contribution is 2.28. The van der Waals surface area contributed by atoms with Crippen LogP contribution in [-0.2, 0) is 25.6 Å². The van der Waals surface area contributed by atoms with Crippen LogP contribution in [0.2, 0.25) is 0 Å². The quantitative estimate of drug-likeness (QED) is 0.417. The number of carbonyl (C=O) groups excluding carboxylic acids is 4. The Kier molecular flexibility index (Phi) is 9.01. The van der Waals surface area contributed by atoms with Gasteiger partial charge in [0.05, 0.1) is 24.4 Å². The summed E-state index contributed by atoms with van der Waals surface area (Å²) in [6.45, 7) is 4.68. The highest BCUT2D eigenvalue weighted by atomic mass is 19.1. The number of nitrogens with zero attached hydrogens (tertiary/aromatic N) is 2. The SMILES string of the molecule is CC(C)C(=O)CN1C(=O)C(NC(=O)[C@H](C)NC(=O)Cc2cc(F)cc(F)c2)N=C(c2ccccc2)c2ccccc21. The third kappa shape index (κ3) is 7.08. The van der Waals surface area contributed by atoms with Crippen LogP contribution in [0.3, 0.4) is 0 Å². The smallest absolute Gasteiger partial charge is 0.272 e. The molecule has 3 aromatic rings. The molecule has 0 spiro atoms. The Balaban J connectivity index is 1.61. The first kappa shape index (κ1) is 29.3. The maximum atomic E-state index is 13.8. The molecule has 0 saturated carbocycles. The molecule has 4 rings (SSSR count). The molecule has 0 fully saturated rings. The van der Waals surface area contributed by atoms with Gasteiger partial charge in [-0.25, -0.2) is 13.8 Å². The molecule has 8 nitrogen and oxygen atoms in total. The van der Waals surface area contributed by atoms with Crippen molar-refractivity contribution in [3.63, 3.8) is 0 Å². The van der Waals surface area contributed by atoms with Crippen molar-refractivity contribution in [2.75, 3.05) is 11.4 Å². The lowest BCUT2D eigenvalue weighted by Gasteiger charge is -2.26. The minimum absolute atomic E-state index is 0.104. The summed E-state index contributed by atoms with van der Waals surface area (Å²) in [7, 11) is 0. The largest absolute Gasteiger partial charge is 0.344 e. The third-order valence-electron chi connectivity index (χ3n) is 6.55. The molecule has 0 bridgehead atoms. The number of nitrogens with one attached hydrogen (secondary N) is 2. The van der Waals surface area contributed by atoms with Gasteiger partial charge in [0.25, 0.3) is 5.91 Å². The molecule has 3 amide bonds. The van der Waals surface area contributed by atoms with E-state index in [1.54, 1.807) is 38.1 Å². The van der Waals surface area contributed by atoms with E-state index in [1.807, 2.05) is 30.3 Å². The van der Waals surface area contributed by atoms with Crippen LogP contribution in [0.25, 0.3) is 0 Å². The maximum absolute atomic E-state index is 13.8. The van der Waals surface area contributed by atoms with Gasteiger partial charge in [0.1, 0.15) is 17.7 Å². The summed E-state index contributed by atoms with van der Waals surface area (Å²) in [4.78, 5) is 58.2. The lowest BCUT2D eigenvalue weighted by molar-refractivity contribution is -0.131. The van der Waals surface area contributed by atoms with Crippen molar-refractivity contribution in [3.05, 3.63) is 101 Å². The number of carbonyl (C=O) groups is 4. The molecule has 0 aromatic heterocycles. The first-order chi connectivity index (χ1) is 19.5. The van der Waals surface area contributed by atoms with Gasteiger partial charge in [0.15, 0.2) is 5.78 Å². The van der Waals surface area contributed by atoms with Crippen LogP contribution < -0.4 is 15.5 Å². The summed E-state index contributed by atoms with van der Waals surface area (Å²) >= 11 is 0. The number of amides is 3. The zero-order valence-corrected chi connectivity index (χ0v) is 22.9. The van der Waals surface area contributed by atoms with Crippen molar-refractivity contribution in [3.8, 4) is 0 Å². The van der Waals surface area contributed by atoms with Crippen molar-refractivity contribution < 1.29 is 28.0 Å². The molecule has 1 heterocycles. The van der Waals surface area contributed by atoms with Crippen molar-refractivity contribution in [2.24, 2.45) is 10.9 Å². The van der Waals surface area contributed by atoms with E-state index in [-0.39, 0.29) is 30.2 Å². The number of halogens is 2. The molecule has 0 radical (unpaired) electrons. The lowest BCUT2D eigenvalue weighted by Crippen LogP contribution is -2.53. The van der Waals surface area contributed by atoms with Crippen molar-refractivity contribution in [1.82, 2.24) is 10.6 Å². The van der Waals surface area contributed by atoms with E-state index >= 15 is 0 Å². The van der Waals surface area contributed by atoms with Crippen LogP contribution in [-0.4, -0.2) is 48.0 Å². The molecule has 1 aliphatic rings. The Hall–Kier alpha value is -4.73. The monoisotopic (exact) mass is 560 g/mol. The normalized spacial score (nSPS) is 15.5. The molecule has 2 N–H and O–H groups in total. The fraction of sp³-hybridized carbons (Fsp3) is 0.258. The summed E-state index contributed by atoms with van der Waals surface area (Å²) in [6.07, 6.45) is -1.76. The van der Waals surface area contributed by atoms with E-state index in [2.05, 4.69) is 15.6 Å². The first-order valence-corrected chi connectivity index (χ1v) is 13.1. The highest BCUT2D eigenvalue weighted by Gasteiger charge is 2.35. The number of hydrogen-bond donors (Lipinski definition) is 2. The van der Waals surface area contributed by atoms with Gasteiger partial charge < -0.3 is 15.5 Å². The minimum Gasteiger partial charge on any atom is -0.344 e. The Morgan fingerprint density at radius 2 is 1.56 bits per heavy atom. The number of aliphatic imine (C=N–C) groups is 1. The second-order valence-corrected chi connectivity index (χ2v) is 10.1. The van der Waals surface area contributed by atoms with Gasteiger partial charge in [-0.2, -0.15) is 0 Å². The van der Waals surface area contributed by atoms with Gasteiger partial charge >= 0.3 is 0 Å². The zero-order chi connectivity index (χ0) is 29.7. The van der Waals surface area contributed by atoms with Crippen LogP contribution in [0.5, 0.6) is 0 Å². The molecule has 1 unspecified atom stereocenters. The Morgan fingerprint density at radius 1 is 0.927 bits per heavy atom. The maximum Gasteiger partial charge on any atom is 0.272 e. The fourth-order valence-electron chi connectivity index (χ4n) is 4.37. The number of Topliss-reactive ketones (excluding diaryl/α,β-unsaturated/α-hetero) is 1. The van der Waals surface area contributed by atoms with Crippen LogP contribution in [0, 0.1) is 17.6 Å². The molecule has 0 saturated heterocycles. The molecule has 3 aromatic carbocycles. The molecule has 212 valence electrons. The Morgan fingerprint density at radius 3 is 2.22 bits per heavy atom. The summed E-state index contributed by atoms with van der Waals surface area (Å²) in [5.41, 5.74) is 2.35. The average molecular weight is 561 g/mol. The number of ketones is 1. The minimum atomic E-state index is -1.40. The molecule has 10 heteroatoms. The van der Waals surface area contributed by atoms with Crippen molar-refractivity contribution in [1.29, 1.82) is 0 Å². The van der Waals surface area contributed by atoms with Crippen LogP contribution >= 0.6 is 0 Å². The van der Waals surface area contributed by atoms with Crippen LogP contribution in [0.15, 0.2) is 77.8 Å². The predicted octanol–water partition coefficient (Wildman–Crippen LogP) is 3.56. The second kappa shape index (κ2) is 12.6. The highest BCUT2D eigenvalue weighted by molar-refractivity contribution is 6.21. The van der Waals surface area contributed by atoms with E-state index in [0.29, 0.717) is 28.6 Å². The van der Waals surface area contributed by atoms with Crippen LogP contribution in [0.4, 0.5) is 14.5 Å². The van der Waals surface area contributed by atoms with E-state index in [9.17, 15) is 28.0 Å². The molecule has 41 heavy (non-hydrogen) atoms. The molecular weight excluding hydrogens is 530 g/mol. The number of hydrogen-bond acceptors (Lipinski definition) is 5. The Labute approximate surface area is 236 Å². The number of benzodiazepines with no additional fused rings is 1. The van der Waals surface area contributed by atoms with Crippen LogP contribution in [0.1, 0.15) is 37.5 Å². The van der Waals surface area contributed by atoms with Gasteiger partial charge in [0.2, 0.25) is 18.0 Å². The molecule has 1 aliphatic heterocycles. The topological polar surface area (TPSA) is 108 Å². The van der Waals surface area contributed by atoms with E-state index in [0.717, 1.165) is 12.1 Å². The van der Waals surface area contributed by atoms with E-state index in [4.69, 9.17) is 0 Å².